The fourth-order valence-corrected chi connectivity index (χ4v) is 0.977. The summed E-state index contributed by atoms with van der Waals surface area (Å²) < 4.78 is 4.94. The minimum absolute atomic E-state index is 0.111. The third kappa shape index (κ3) is 1.29. The maximum absolute atomic E-state index is 8.83. The Morgan fingerprint density at radius 1 is 1.33 bits per heavy atom. The van der Waals surface area contributed by atoms with Crippen molar-refractivity contribution in [2.45, 2.75) is 6.61 Å². The van der Waals surface area contributed by atoms with Gasteiger partial charge in [-0.05, 0) is 6.07 Å². The lowest BCUT2D eigenvalue weighted by atomic mass is 10.1. The molecule has 4 heteroatoms. The number of ether oxygens (including phenoxy) is 1. The molecule has 1 aromatic rings. The zero-order chi connectivity index (χ0) is 9.14. The molecule has 0 aromatic heterocycles. The Hall–Kier alpha value is -1.42. The monoisotopic (exact) mass is 168 g/mol. The van der Waals surface area contributed by atoms with Crippen molar-refractivity contribution in [3.8, 4) is 5.75 Å². The quantitative estimate of drug-likeness (QED) is 0.556. The van der Waals surface area contributed by atoms with E-state index in [2.05, 4.69) is 0 Å². The van der Waals surface area contributed by atoms with Crippen LogP contribution in [0.3, 0.4) is 0 Å². The van der Waals surface area contributed by atoms with Gasteiger partial charge in [-0.2, -0.15) is 0 Å². The Morgan fingerprint density at radius 2 is 2.00 bits per heavy atom. The summed E-state index contributed by atoms with van der Waals surface area (Å²) in [5.41, 5.74) is 12.6. The molecule has 0 fully saturated rings. The Bertz CT molecular complexity index is 258. The van der Waals surface area contributed by atoms with E-state index >= 15 is 0 Å². The van der Waals surface area contributed by atoms with E-state index in [9.17, 15) is 0 Å². The molecule has 5 N–H and O–H groups in total. The van der Waals surface area contributed by atoms with Crippen molar-refractivity contribution in [2.75, 3.05) is 18.6 Å². The first-order valence-electron chi connectivity index (χ1n) is 3.52. The second-order valence-electron chi connectivity index (χ2n) is 2.41. The van der Waals surface area contributed by atoms with Gasteiger partial charge in [0.25, 0.3) is 0 Å². The number of hydrogen-bond acceptors (Lipinski definition) is 4. The summed E-state index contributed by atoms with van der Waals surface area (Å²) in [5, 5.41) is 8.83. The molecule has 0 spiro atoms. The lowest BCUT2D eigenvalue weighted by Crippen LogP contribution is -2.02. The molecule has 0 atom stereocenters. The lowest BCUT2D eigenvalue weighted by molar-refractivity contribution is 0.282. The second kappa shape index (κ2) is 3.32. The summed E-state index contributed by atoms with van der Waals surface area (Å²) in [6, 6.07) is 3.36. The van der Waals surface area contributed by atoms with Gasteiger partial charge in [-0.3, -0.25) is 0 Å². The molecular formula is C8H12N2O2. The number of nitrogen functional groups attached to an aromatic ring is 2. The van der Waals surface area contributed by atoms with Crippen LogP contribution in [0.25, 0.3) is 0 Å². The predicted octanol–water partition coefficient (Wildman–Crippen LogP) is 0.352. The Morgan fingerprint density at radius 3 is 2.50 bits per heavy atom. The number of rotatable bonds is 2. The van der Waals surface area contributed by atoms with E-state index in [-0.39, 0.29) is 6.61 Å². The summed E-state index contributed by atoms with van der Waals surface area (Å²) >= 11 is 0. The molecule has 0 amide bonds. The van der Waals surface area contributed by atoms with Crippen LogP contribution in [0.2, 0.25) is 0 Å². The van der Waals surface area contributed by atoms with Crippen molar-refractivity contribution in [3.05, 3.63) is 17.7 Å². The van der Waals surface area contributed by atoms with Gasteiger partial charge in [0.05, 0.1) is 25.1 Å². The van der Waals surface area contributed by atoms with Crippen LogP contribution < -0.4 is 16.2 Å². The molecule has 66 valence electrons. The van der Waals surface area contributed by atoms with Crippen LogP contribution >= 0.6 is 0 Å². The molecule has 12 heavy (non-hydrogen) atoms. The van der Waals surface area contributed by atoms with Crippen molar-refractivity contribution in [1.82, 2.24) is 0 Å². The summed E-state index contributed by atoms with van der Waals surface area (Å²) in [7, 11) is 1.52. The van der Waals surface area contributed by atoms with Crippen molar-refractivity contribution in [3.63, 3.8) is 0 Å². The van der Waals surface area contributed by atoms with E-state index in [1.807, 2.05) is 0 Å². The first-order chi connectivity index (χ1) is 5.70. The molecule has 1 aromatic carbocycles. The van der Waals surface area contributed by atoms with E-state index in [1.165, 1.54) is 7.11 Å². The van der Waals surface area contributed by atoms with Gasteiger partial charge in [-0.15, -0.1) is 0 Å². The summed E-state index contributed by atoms with van der Waals surface area (Å²) in [6.07, 6.45) is 0. The highest BCUT2D eigenvalue weighted by molar-refractivity contribution is 5.73. The van der Waals surface area contributed by atoms with Crippen molar-refractivity contribution in [1.29, 1.82) is 0 Å². The van der Waals surface area contributed by atoms with Gasteiger partial charge < -0.3 is 21.3 Å². The average Bonchev–Trinajstić information content (AvgIpc) is 2.10. The maximum atomic E-state index is 8.83. The Balaban J connectivity index is 3.20. The van der Waals surface area contributed by atoms with Crippen LogP contribution in [0, 0.1) is 0 Å². The van der Waals surface area contributed by atoms with Crippen LogP contribution in [0.15, 0.2) is 12.1 Å². The minimum atomic E-state index is -0.111. The molecule has 0 aliphatic carbocycles. The van der Waals surface area contributed by atoms with Gasteiger partial charge in [-0.25, -0.2) is 0 Å². The van der Waals surface area contributed by atoms with Crippen LogP contribution in [0.5, 0.6) is 5.75 Å². The van der Waals surface area contributed by atoms with Gasteiger partial charge >= 0.3 is 0 Å². The largest absolute Gasteiger partial charge is 0.495 e. The van der Waals surface area contributed by atoms with E-state index < -0.39 is 0 Å². The Kier molecular flexibility index (Phi) is 2.40. The molecule has 0 aliphatic rings. The highest BCUT2D eigenvalue weighted by atomic mass is 16.5. The molecule has 4 nitrogen and oxygen atoms in total. The van der Waals surface area contributed by atoms with Crippen LogP contribution in [0.1, 0.15) is 5.56 Å². The first kappa shape index (κ1) is 8.67. The van der Waals surface area contributed by atoms with E-state index in [1.54, 1.807) is 12.1 Å². The number of hydrogen-bond donors (Lipinski definition) is 3. The van der Waals surface area contributed by atoms with E-state index in [0.717, 1.165) is 0 Å². The summed E-state index contributed by atoms with van der Waals surface area (Å²) in [5.74, 6) is 0.532. The molecule has 1 rings (SSSR count). The predicted molar refractivity (Wildman–Crippen MR) is 47.7 cm³/mol. The second-order valence-corrected chi connectivity index (χ2v) is 2.41. The van der Waals surface area contributed by atoms with Crippen molar-refractivity contribution in [2.24, 2.45) is 0 Å². The number of aliphatic hydroxyl groups is 1. The van der Waals surface area contributed by atoms with Crippen LogP contribution in [-0.2, 0) is 6.61 Å². The third-order valence-electron chi connectivity index (χ3n) is 1.73. The van der Waals surface area contributed by atoms with Gasteiger partial charge in [0, 0.05) is 5.56 Å². The molecule has 0 bridgehead atoms. The standard InChI is InChI=1S/C8H12N2O2/c1-12-6-3-2-5(4-11)7(9)8(6)10/h2-3,11H,4,9-10H2,1H3. The maximum Gasteiger partial charge on any atom is 0.143 e. The van der Waals surface area contributed by atoms with Gasteiger partial charge in [0.1, 0.15) is 5.75 Å². The molecular weight excluding hydrogens is 156 g/mol. The molecule has 0 unspecified atom stereocenters. The highest BCUT2D eigenvalue weighted by Crippen LogP contribution is 2.29. The zero-order valence-corrected chi connectivity index (χ0v) is 6.87. The molecule has 0 aliphatic heterocycles. The van der Waals surface area contributed by atoms with Crippen LogP contribution in [-0.4, -0.2) is 12.2 Å². The third-order valence-corrected chi connectivity index (χ3v) is 1.73. The number of nitrogens with two attached hydrogens (primary N) is 2. The SMILES string of the molecule is COc1ccc(CO)c(N)c1N. The summed E-state index contributed by atoms with van der Waals surface area (Å²) in [4.78, 5) is 0. The van der Waals surface area contributed by atoms with Gasteiger partial charge in [0.15, 0.2) is 0 Å². The molecule has 0 heterocycles. The molecule has 0 saturated carbocycles. The lowest BCUT2D eigenvalue weighted by Gasteiger charge is -2.09. The zero-order valence-electron chi connectivity index (χ0n) is 6.87. The number of methoxy groups -OCH3 is 1. The van der Waals surface area contributed by atoms with E-state index in [4.69, 9.17) is 21.3 Å². The number of anilines is 2. The van der Waals surface area contributed by atoms with Crippen molar-refractivity contribution < 1.29 is 9.84 Å². The average molecular weight is 168 g/mol. The van der Waals surface area contributed by atoms with E-state index in [0.29, 0.717) is 22.7 Å². The number of aliphatic hydroxyl groups excluding tert-OH is 1. The first-order valence-corrected chi connectivity index (χ1v) is 3.52. The molecule has 0 saturated heterocycles. The van der Waals surface area contributed by atoms with Gasteiger partial charge in [-0.1, -0.05) is 6.07 Å². The smallest absolute Gasteiger partial charge is 0.143 e. The van der Waals surface area contributed by atoms with Crippen molar-refractivity contribution >= 4 is 11.4 Å². The topological polar surface area (TPSA) is 81.5 Å². The number of benzene rings is 1. The van der Waals surface area contributed by atoms with Crippen LogP contribution in [0.4, 0.5) is 11.4 Å². The molecule has 0 radical (unpaired) electrons. The Labute approximate surface area is 70.7 Å². The minimum Gasteiger partial charge on any atom is -0.495 e. The fourth-order valence-electron chi connectivity index (χ4n) is 0.977. The highest BCUT2D eigenvalue weighted by Gasteiger charge is 2.06. The summed E-state index contributed by atoms with van der Waals surface area (Å²) in [6.45, 7) is -0.111. The fraction of sp³-hybridized carbons (Fsp3) is 0.250. The van der Waals surface area contributed by atoms with Gasteiger partial charge in [0.2, 0.25) is 0 Å². The normalized spacial score (nSPS) is 9.83.